The van der Waals surface area contributed by atoms with Crippen LogP contribution >= 0.6 is 22.6 Å². The summed E-state index contributed by atoms with van der Waals surface area (Å²) in [5, 5.41) is 0. The number of carbonyl (C=O) groups is 1. The number of aryl methyl sites for hydroxylation is 1. The molecule has 0 spiro atoms. The van der Waals surface area contributed by atoms with Crippen LogP contribution in [0.5, 0.6) is 0 Å². The zero-order chi connectivity index (χ0) is 27.3. The first kappa shape index (κ1) is 28.2. The van der Waals surface area contributed by atoms with Crippen molar-refractivity contribution in [2.75, 3.05) is 19.7 Å². The van der Waals surface area contributed by atoms with Crippen molar-refractivity contribution >= 4 is 28.5 Å². The molecular formula is C26H26F6INO3. The Kier molecular flexibility index (Phi) is 7.89. The van der Waals surface area contributed by atoms with Crippen LogP contribution in [0.15, 0.2) is 36.4 Å². The molecule has 2 fully saturated rings. The number of rotatable bonds is 4. The number of halogens is 7. The van der Waals surface area contributed by atoms with Gasteiger partial charge in [-0.3, -0.25) is 4.79 Å². The van der Waals surface area contributed by atoms with Gasteiger partial charge in [-0.1, -0.05) is 6.07 Å². The molecule has 2 aromatic rings. The van der Waals surface area contributed by atoms with Gasteiger partial charge >= 0.3 is 12.4 Å². The minimum Gasteiger partial charge on any atom is -0.352 e. The minimum atomic E-state index is -4.95. The van der Waals surface area contributed by atoms with E-state index in [4.69, 9.17) is 9.47 Å². The van der Waals surface area contributed by atoms with Crippen molar-refractivity contribution in [2.24, 2.45) is 11.8 Å². The van der Waals surface area contributed by atoms with Crippen LogP contribution in [0.25, 0.3) is 0 Å². The summed E-state index contributed by atoms with van der Waals surface area (Å²) in [6.07, 6.45) is -12.0. The Hall–Kier alpha value is -1.86. The number of nitrogens with zero attached hydrogens (tertiary/aromatic N) is 1. The summed E-state index contributed by atoms with van der Waals surface area (Å²) in [4.78, 5) is 13.8. The Labute approximate surface area is 224 Å². The van der Waals surface area contributed by atoms with Gasteiger partial charge in [-0.25, -0.2) is 0 Å². The number of likely N-dealkylation sites (tertiary alicyclic amines) is 1. The second kappa shape index (κ2) is 10.4. The SMILES string of the molecule is CC(=O)N1C[C@H]2CO[C@H](O[C@H](C)c3cc(C(F)(F)F)cc(C(F)(F)F)c3)[C@@H](c3cc(I)ccc3C)[C@@H]2C1. The van der Waals surface area contributed by atoms with Gasteiger partial charge in [-0.15, -0.1) is 0 Å². The maximum atomic E-state index is 13.4. The van der Waals surface area contributed by atoms with Crippen LogP contribution in [0.3, 0.4) is 0 Å². The lowest BCUT2D eigenvalue weighted by molar-refractivity contribution is -0.217. The highest BCUT2D eigenvalue weighted by molar-refractivity contribution is 14.1. The molecule has 2 aromatic carbocycles. The molecule has 0 N–H and O–H groups in total. The fourth-order valence-electron chi connectivity index (χ4n) is 5.23. The predicted octanol–water partition coefficient (Wildman–Crippen LogP) is 6.95. The lowest BCUT2D eigenvalue weighted by Crippen LogP contribution is -2.42. The smallest absolute Gasteiger partial charge is 0.352 e. The molecule has 0 bridgehead atoms. The van der Waals surface area contributed by atoms with E-state index in [0.29, 0.717) is 25.2 Å². The molecule has 4 rings (SSSR count). The second-order valence-electron chi connectivity index (χ2n) is 9.69. The molecule has 2 aliphatic heterocycles. The Bertz CT molecular complexity index is 1140. The van der Waals surface area contributed by atoms with E-state index in [0.717, 1.165) is 14.7 Å². The number of amides is 1. The van der Waals surface area contributed by atoms with Crippen LogP contribution in [0.4, 0.5) is 26.3 Å². The molecule has 0 radical (unpaired) electrons. The molecule has 2 saturated heterocycles. The van der Waals surface area contributed by atoms with Crippen molar-refractivity contribution in [1.82, 2.24) is 4.90 Å². The van der Waals surface area contributed by atoms with Gasteiger partial charge in [0.15, 0.2) is 6.29 Å². The topological polar surface area (TPSA) is 38.8 Å². The van der Waals surface area contributed by atoms with Crippen LogP contribution in [-0.2, 0) is 26.6 Å². The molecule has 2 aliphatic rings. The molecule has 5 atom stereocenters. The highest BCUT2D eigenvalue weighted by Crippen LogP contribution is 2.46. The number of hydrogen-bond acceptors (Lipinski definition) is 3. The monoisotopic (exact) mass is 641 g/mol. The molecule has 0 aromatic heterocycles. The van der Waals surface area contributed by atoms with E-state index in [-0.39, 0.29) is 41.9 Å². The van der Waals surface area contributed by atoms with E-state index in [1.807, 2.05) is 25.1 Å². The first-order valence-corrected chi connectivity index (χ1v) is 12.8. The van der Waals surface area contributed by atoms with E-state index < -0.39 is 35.9 Å². The number of hydrogen-bond donors (Lipinski definition) is 0. The highest BCUT2D eigenvalue weighted by Gasteiger charge is 2.48. The van der Waals surface area contributed by atoms with Crippen molar-refractivity contribution in [3.05, 3.63) is 67.8 Å². The summed E-state index contributed by atoms with van der Waals surface area (Å²) in [7, 11) is 0. The van der Waals surface area contributed by atoms with Gasteiger partial charge in [0.2, 0.25) is 5.91 Å². The van der Waals surface area contributed by atoms with Crippen LogP contribution in [-0.4, -0.2) is 36.8 Å². The number of fused-ring (bicyclic) bond motifs is 1. The van der Waals surface area contributed by atoms with E-state index >= 15 is 0 Å². The molecule has 11 heteroatoms. The molecule has 4 nitrogen and oxygen atoms in total. The van der Waals surface area contributed by atoms with Gasteiger partial charge in [0.05, 0.1) is 23.8 Å². The summed E-state index contributed by atoms with van der Waals surface area (Å²) in [5.41, 5.74) is -1.16. The number of alkyl halides is 6. The largest absolute Gasteiger partial charge is 0.416 e. The minimum absolute atomic E-state index is 0.0340. The van der Waals surface area contributed by atoms with E-state index in [1.54, 1.807) is 4.90 Å². The van der Waals surface area contributed by atoms with Gasteiger partial charge in [-0.2, -0.15) is 26.3 Å². The third-order valence-corrected chi connectivity index (χ3v) is 7.86. The summed E-state index contributed by atoms with van der Waals surface area (Å²) < 4.78 is 93.6. The van der Waals surface area contributed by atoms with Crippen LogP contribution in [0, 0.1) is 22.3 Å². The standard InChI is InChI=1S/C26H26F6INO3/c1-13-4-5-20(33)9-21(13)23-22-11-34(15(3)35)10-17(22)12-36-24(23)37-14(2)16-6-18(25(27,28)29)8-19(7-16)26(30,31)32/h4-9,14,17,22-24H,10-12H2,1-3H3/t14-,17+,22-,23+,24-/m1/s1. The molecule has 37 heavy (non-hydrogen) atoms. The lowest BCUT2D eigenvalue weighted by atomic mass is 9.76. The van der Waals surface area contributed by atoms with E-state index in [2.05, 4.69) is 22.6 Å². The molecule has 0 aliphatic carbocycles. The van der Waals surface area contributed by atoms with Crippen LogP contribution in [0.2, 0.25) is 0 Å². The predicted molar refractivity (Wildman–Crippen MR) is 132 cm³/mol. The third-order valence-electron chi connectivity index (χ3n) is 7.18. The number of benzene rings is 2. The van der Waals surface area contributed by atoms with Gasteiger partial charge < -0.3 is 14.4 Å². The van der Waals surface area contributed by atoms with Crippen molar-refractivity contribution in [3.63, 3.8) is 0 Å². The maximum absolute atomic E-state index is 13.4. The Morgan fingerprint density at radius 2 is 1.68 bits per heavy atom. The molecular weight excluding hydrogens is 615 g/mol. The van der Waals surface area contributed by atoms with Gasteiger partial charge in [-0.05, 0) is 89.4 Å². The first-order chi connectivity index (χ1) is 17.1. The highest BCUT2D eigenvalue weighted by atomic mass is 127. The molecule has 202 valence electrons. The van der Waals surface area contributed by atoms with Crippen LogP contribution in [0.1, 0.15) is 53.7 Å². The molecule has 1 amide bonds. The summed E-state index contributed by atoms with van der Waals surface area (Å²) in [6.45, 7) is 6.09. The average Bonchev–Trinajstić information content (AvgIpc) is 3.24. The average molecular weight is 641 g/mol. The molecule has 2 heterocycles. The first-order valence-electron chi connectivity index (χ1n) is 11.7. The third kappa shape index (κ3) is 6.08. The normalized spacial score (nSPS) is 25.2. The van der Waals surface area contributed by atoms with Gasteiger partial charge in [0.1, 0.15) is 0 Å². The van der Waals surface area contributed by atoms with Crippen LogP contribution < -0.4 is 0 Å². The Balaban J connectivity index is 1.70. The quantitative estimate of drug-likeness (QED) is 0.268. The number of carbonyl (C=O) groups excluding carboxylic acids is 1. The van der Waals surface area contributed by atoms with Gasteiger partial charge in [0.25, 0.3) is 0 Å². The van der Waals surface area contributed by atoms with E-state index in [9.17, 15) is 31.1 Å². The van der Waals surface area contributed by atoms with Crippen molar-refractivity contribution in [1.29, 1.82) is 0 Å². The fourth-order valence-corrected chi connectivity index (χ4v) is 5.74. The van der Waals surface area contributed by atoms with Crippen molar-refractivity contribution < 1.29 is 40.6 Å². The summed E-state index contributed by atoms with van der Waals surface area (Å²) >= 11 is 2.18. The molecule has 0 unspecified atom stereocenters. The van der Waals surface area contributed by atoms with E-state index in [1.165, 1.54) is 13.8 Å². The van der Waals surface area contributed by atoms with Crippen molar-refractivity contribution in [2.45, 2.75) is 51.4 Å². The second-order valence-corrected chi connectivity index (χ2v) is 10.9. The zero-order valence-corrected chi connectivity index (χ0v) is 22.4. The van der Waals surface area contributed by atoms with Crippen molar-refractivity contribution in [3.8, 4) is 0 Å². The zero-order valence-electron chi connectivity index (χ0n) is 20.3. The fraction of sp³-hybridized carbons (Fsp3) is 0.500. The maximum Gasteiger partial charge on any atom is 0.416 e. The van der Waals surface area contributed by atoms with Gasteiger partial charge in [0, 0.05) is 35.4 Å². The lowest BCUT2D eigenvalue weighted by Gasteiger charge is -2.41. The Morgan fingerprint density at radius 3 is 2.24 bits per heavy atom. The summed E-state index contributed by atoms with van der Waals surface area (Å²) in [6, 6.07) is 7.34. The molecule has 0 saturated carbocycles. The Morgan fingerprint density at radius 1 is 1.05 bits per heavy atom. The summed E-state index contributed by atoms with van der Waals surface area (Å²) in [5.74, 6) is -0.444. The number of ether oxygens (including phenoxy) is 2.